The summed E-state index contributed by atoms with van der Waals surface area (Å²) in [7, 11) is 0. The summed E-state index contributed by atoms with van der Waals surface area (Å²) in [6.45, 7) is 8.83. The lowest BCUT2D eigenvalue weighted by Gasteiger charge is -2.24. The number of halogens is 1. The van der Waals surface area contributed by atoms with E-state index in [2.05, 4.69) is 19.6 Å². The van der Waals surface area contributed by atoms with E-state index in [4.69, 9.17) is 21.1 Å². The summed E-state index contributed by atoms with van der Waals surface area (Å²) >= 11 is 6.24. The molecule has 0 saturated carbocycles. The summed E-state index contributed by atoms with van der Waals surface area (Å²) < 4.78 is 11.5. The highest BCUT2D eigenvalue weighted by atomic mass is 35.5. The van der Waals surface area contributed by atoms with Crippen LogP contribution in [0.1, 0.15) is 56.6 Å². The molecule has 4 nitrogen and oxygen atoms in total. The van der Waals surface area contributed by atoms with Gasteiger partial charge >= 0.3 is 11.9 Å². The number of hydrogen-bond acceptors (Lipinski definition) is 4. The van der Waals surface area contributed by atoms with Crippen LogP contribution in [-0.4, -0.2) is 11.9 Å². The summed E-state index contributed by atoms with van der Waals surface area (Å²) in [4.78, 5) is 24.2. The first-order chi connectivity index (χ1) is 13.3. The van der Waals surface area contributed by atoms with Gasteiger partial charge in [-0.05, 0) is 38.0 Å². The lowest BCUT2D eigenvalue weighted by atomic mass is 9.86. The van der Waals surface area contributed by atoms with Crippen LogP contribution in [0, 0.1) is 0 Å². The van der Waals surface area contributed by atoms with Gasteiger partial charge in [0, 0.05) is 51.3 Å². The third-order valence-corrected chi connectivity index (χ3v) is 5.75. The van der Waals surface area contributed by atoms with Gasteiger partial charge in [-0.15, -0.1) is 0 Å². The number of fused-ring (bicyclic) bond motifs is 6. The van der Waals surface area contributed by atoms with Crippen LogP contribution >= 0.6 is 11.6 Å². The molecule has 144 valence electrons. The fourth-order valence-corrected chi connectivity index (χ4v) is 4.58. The van der Waals surface area contributed by atoms with E-state index < -0.39 is 11.9 Å². The average molecular weight is 397 g/mol. The van der Waals surface area contributed by atoms with Crippen LogP contribution < -0.4 is 9.47 Å². The van der Waals surface area contributed by atoms with Crippen molar-refractivity contribution in [2.75, 3.05) is 0 Å². The second-order valence-corrected chi connectivity index (χ2v) is 7.87. The van der Waals surface area contributed by atoms with E-state index >= 15 is 0 Å². The van der Waals surface area contributed by atoms with Gasteiger partial charge in [0.25, 0.3) is 0 Å². The van der Waals surface area contributed by atoms with Gasteiger partial charge in [-0.3, -0.25) is 4.79 Å². The molecule has 0 spiro atoms. The van der Waals surface area contributed by atoms with Gasteiger partial charge in [-0.2, -0.15) is 0 Å². The zero-order chi connectivity index (χ0) is 20.2. The number of hydrogen-bond donors (Lipinski definition) is 0. The third kappa shape index (κ3) is 2.83. The molecule has 0 N–H and O–H groups in total. The van der Waals surface area contributed by atoms with Crippen molar-refractivity contribution in [3.8, 4) is 11.5 Å². The van der Waals surface area contributed by atoms with E-state index in [1.807, 2.05) is 6.07 Å². The number of esters is 2. The highest BCUT2D eigenvalue weighted by Gasteiger charge is 2.43. The Morgan fingerprint density at radius 3 is 2.50 bits per heavy atom. The van der Waals surface area contributed by atoms with Crippen LogP contribution in [0.25, 0.3) is 10.8 Å². The largest absolute Gasteiger partial charge is 0.426 e. The van der Waals surface area contributed by atoms with Gasteiger partial charge in [0.1, 0.15) is 11.5 Å². The molecule has 5 heteroatoms. The van der Waals surface area contributed by atoms with E-state index in [0.29, 0.717) is 32.9 Å². The van der Waals surface area contributed by atoms with Crippen LogP contribution in [0.3, 0.4) is 0 Å². The van der Waals surface area contributed by atoms with Crippen LogP contribution in [0.2, 0.25) is 5.02 Å². The molecule has 0 radical (unpaired) electrons. The maximum Gasteiger partial charge on any atom is 0.338 e. The quantitative estimate of drug-likeness (QED) is 0.283. The molecular weight excluding hydrogens is 376 g/mol. The molecule has 2 aromatic carbocycles. The number of benzene rings is 2. The minimum atomic E-state index is -0.469. The van der Waals surface area contributed by atoms with E-state index in [1.165, 1.54) is 12.5 Å². The zero-order valence-corrected chi connectivity index (χ0v) is 16.9. The summed E-state index contributed by atoms with van der Waals surface area (Å²) in [5.41, 5.74) is 3.53. The fraction of sp³-hybridized carbons (Fsp3) is 0.304. The summed E-state index contributed by atoms with van der Waals surface area (Å²) in [5, 5.41) is 1.90. The zero-order valence-electron chi connectivity index (χ0n) is 16.1. The van der Waals surface area contributed by atoms with E-state index in [9.17, 15) is 9.59 Å². The van der Waals surface area contributed by atoms with Crippen LogP contribution in [0.5, 0.6) is 11.5 Å². The second kappa shape index (κ2) is 6.78. The van der Waals surface area contributed by atoms with Crippen LogP contribution in [0.15, 0.2) is 42.0 Å². The number of allylic oxidation sites excluding steroid dienone is 2. The molecule has 2 atom stereocenters. The molecule has 0 aliphatic heterocycles. The van der Waals surface area contributed by atoms with E-state index in [-0.39, 0.29) is 11.8 Å². The van der Waals surface area contributed by atoms with Crippen molar-refractivity contribution in [3.63, 3.8) is 0 Å². The monoisotopic (exact) mass is 396 g/mol. The number of rotatable bonds is 4. The predicted octanol–water partition coefficient (Wildman–Crippen LogP) is 5.82. The lowest BCUT2D eigenvalue weighted by Crippen LogP contribution is -2.14. The number of carbonyl (C=O) groups excluding carboxylic acids is 2. The molecule has 2 bridgehead atoms. The van der Waals surface area contributed by atoms with Crippen molar-refractivity contribution in [2.45, 2.75) is 45.4 Å². The summed E-state index contributed by atoms with van der Waals surface area (Å²) in [6.07, 6.45) is 4.07. The van der Waals surface area contributed by atoms with Gasteiger partial charge in [0.05, 0.1) is 0 Å². The molecule has 0 fully saturated rings. The van der Waals surface area contributed by atoms with Crippen molar-refractivity contribution < 1.29 is 19.1 Å². The van der Waals surface area contributed by atoms with Gasteiger partial charge in [-0.25, -0.2) is 4.79 Å². The third-order valence-electron chi connectivity index (χ3n) is 5.52. The summed E-state index contributed by atoms with van der Waals surface area (Å²) in [5.74, 6) is 0.481. The predicted molar refractivity (Wildman–Crippen MR) is 109 cm³/mol. The Morgan fingerprint density at radius 1 is 1.14 bits per heavy atom. The highest BCUT2D eigenvalue weighted by Crippen LogP contribution is 2.61. The molecule has 2 aliphatic carbocycles. The van der Waals surface area contributed by atoms with Crippen LogP contribution in [0.4, 0.5) is 0 Å². The molecule has 2 unspecified atom stereocenters. The van der Waals surface area contributed by atoms with Gasteiger partial charge in [-0.1, -0.05) is 36.8 Å². The van der Waals surface area contributed by atoms with Crippen molar-refractivity contribution in [3.05, 3.63) is 58.1 Å². The van der Waals surface area contributed by atoms with E-state index in [1.54, 1.807) is 19.1 Å². The molecular formula is C23H21ClO4. The van der Waals surface area contributed by atoms with Crippen LogP contribution in [-0.2, 0) is 9.59 Å². The average Bonchev–Trinajstić information content (AvgIpc) is 3.22. The first kappa shape index (κ1) is 18.8. The molecule has 0 aromatic heterocycles. The van der Waals surface area contributed by atoms with E-state index in [0.717, 1.165) is 24.0 Å². The first-order valence-electron chi connectivity index (χ1n) is 9.37. The molecule has 0 heterocycles. The molecule has 2 aromatic rings. The van der Waals surface area contributed by atoms with Gasteiger partial charge < -0.3 is 9.47 Å². The molecule has 28 heavy (non-hydrogen) atoms. The Balaban J connectivity index is 2.06. The van der Waals surface area contributed by atoms with Crippen molar-refractivity contribution >= 4 is 34.3 Å². The highest BCUT2D eigenvalue weighted by molar-refractivity contribution is 6.31. The Morgan fingerprint density at radius 2 is 1.86 bits per heavy atom. The minimum absolute atomic E-state index is 0.134. The Hall–Kier alpha value is -2.59. The van der Waals surface area contributed by atoms with Crippen molar-refractivity contribution in [2.24, 2.45) is 0 Å². The van der Waals surface area contributed by atoms with Crippen molar-refractivity contribution in [1.29, 1.82) is 0 Å². The molecule has 0 amide bonds. The second-order valence-electron chi connectivity index (χ2n) is 7.43. The van der Waals surface area contributed by atoms with Gasteiger partial charge in [0.15, 0.2) is 0 Å². The Bertz CT molecular complexity index is 1080. The first-order valence-corrected chi connectivity index (χ1v) is 9.75. The lowest BCUT2D eigenvalue weighted by molar-refractivity contribution is -0.132. The summed E-state index contributed by atoms with van der Waals surface area (Å²) in [6, 6.07) is 5.31. The molecule has 0 saturated heterocycles. The number of carbonyl (C=O) groups is 2. The smallest absolute Gasteiger partial charge is 0.338 e. The SMILES string of the molecule is C=C(C)C(=O)Oc1c2c(c(OC(C)=O)c3cc(Cl)ccc13)C1C=C(CC)C2C1. The minimum Gasteiger partial charge on any atom is -0.426 e. The maximum atomic E-state index is 12.4. The topological polar surface area (TPSA) is 52.6 Å². The Labute approximate surface area is 168 Å². The maximum absolute atomic E-state index is 12.4. The number of ether oxygens (including phenoxy) is 2. The standard InChI is InChI=1S/C23H21ClO4/c1-5-13-8-14-9-17(13)20-19(14)22(27-12(4)25)18-10-15(24)6-7-16(18)21(20)28-23(26)11(2)3/h6-8,10,14,17H,2,5,9H2,1,3-4H3. The Kier molecular flexibility index (Phi) is 4.54. The van der Waals surface area contributed by atoms with Crippen molar-refractivity contribution in [1.82, 2.24) is 0 Å². The molecule has 2 aliphatic rings. The normalized spacial score (nSPS) is 19.4. The van der Waals surface area contributed by atoms with Gasteiger partial charge in [0.2, 0.25) is 0 Å². The fourth-order valence-electron chi connectivity index (χ4n) is 4.41. The molecule has 4 rings (SSSR count).